The van der Waals surface area contributed by atoms with Crippen molar-refractivity contribution in [2.24, 2.45) is 0 Å². The third-order valence-corrected chi connectivity index (χ3v) is 5.89. The number of aromatic nitrogens is 1. The Morgan fingerprint density at radius 1 is 0.909 bits per heavy atom. The number of benzene rings is 2. The lowest BCUT2D eigenvalue weighted by Crippen LogP contribution is -2.18. The van der Waals surface area contributed by atoms with E-state index in [4.69, 9.17) is 9.47 Å². The maximum atomic E-state index is 13.4. The van der Waals surface area contributed by atoms with Crippen LogP contribution in [0, 0.1) is 13.8 Å². The van der Waals surface area contributed by atoms with Gasteiger partial charge in [-0.2, -0.15) is 0 Å². The predicted molar refractivity (Wildman–Crippen MR) is 128 cm³/mol. The van der Waals surface area contributed by atoms with E-state index in [-0.39, 0.29) is 11.4 Å². The van der Waals surface area contributed by atoms with E-state index >= 15 is 0 Å². The molecule has 0 bridgehead atoms. The van der Waals surface area contributed by atoms with Crippen LogP contribution in [0.4, 0.5) is 5.69 Å². The molecule has 0 atom stereocenters. The number of aryl methyl sites for hydroxylation is 1. The highest BCUT2D eigenvalue weighted by Gasteiger charge is 2.38. The van der Waals surface area contributed by atoms with Crippen molar-refractivity contribution < 1.29 is 19.1 Å². The monoisotopic (exact) mass is 442 g/mol. The number of esters is 1. The smallest absolute Gasteiger partial charge is 0.343 e. The second-order valence-electron chi connectivity index (χ2n) is 7.84. The summed E-state index contributed by atoms with van der Waals surface area (Å²) in [7, 11) is 2.92. The standard InChI is InChI=1S/C27H26N2O4/c1-17-15-20(18(2)28(17)22-11-13-23(32-4)14-12-22)16-24-26(30)25(27(31)33-5)19(3)29(24)21-9-7-6-8-10-21/h6-16H,1-5H3/b24-16-. The van der Waals surface area contributed by atoms with E-state index in [1.807, 2.05) is 85.5 Å². The van der Waals surface area contributed by atoms with Crippen molar-refractivity contribution in [1.82, 2.24) is 4.57 Å². The van der Waals surface area contributed by atoms with Gasteiger partial charge in [0.25, 0.3) is 0 Å². The summed E-state index contributed by atoms with van der Waals surface area (Å²) < 4.78 is 12.3. The van der Waals surface area contributed by atoms with E-state index in [0.29, 0.717) is 11.4 Å². The van der Waals surface area contributed by atoms with E-state index in [9.17, 15) is 9.59 Å². The first-order chi connectivity index (χ1) is 15.9. The summed E-state index contributed by atoms with van der Waals surface area (Å²) in [6.07, 6.45) is 1.84. The molecule has 0 N–H and O–H groups in total. The zero-order valence-corrected chi connectivity index (χ0v) is 19.4. The van der Waals surface area contributed by atoms with E-state index < -0.39 is 5.97 Å². The molecule has 1 aliphatic heterocycles. The number of Topliss-reactive ketones (excluding diaryl/α,β-unsaturated/α-hetero) is 1. The van der Waals surface area contributed by atoms with E-state index in [0.717, 1.165) is 34.1 Å². The van der Waals surface area contributed by atoms with Crippen molar-refractivity contribution >= 4 is 23.5 Å². The van der Waals surface area contributed by atoms with Crippen molar-refractivity contribution in [2.75, 3.05) is 19.1 Å². The van der Waals surface area contributed by atoms with Crippen molar-refractivity contribution in [3.8, 4) is 11.4 Å². The summed E-state index contributed by atoms with van der Waals surface area (Å²) in [5, 5.41) is 0. The van der Waals surface area contributed by atoms with Gasteiger partial charge in [0.1, 0.15) is 11.3 Å². The van der Waals surface area contributed by atoms with Crippen LogP contribution >= 0.6 is 0 Å². The average Bonchev–Trinajstić information content (AvgIpc) is 3.25. The number of nitrogens with zero attached hydrogens (tertiary/aromatic N) is 2. The number of anilines is 1. The molecule has 2 heterocycles. The summed E-state index contributed by atoms with van der Waals surface area (Å²) in [5.74, 6) is -0.196. The van der Waals surface area contributed by atoms with Gasteiger partial charge in [-0.1, -0.05) is 18.2 Å². The third kappa shape index (κ3) is 3.84. The van der Waals surface area contributed by atoms with Gasteiger partial charge < -0.3 is 18.9 Å². The molecule has 6 heteroatoms. The molecule has 0 fully saturated rings. The Bertz CT molecular complexity index is 1280. The van der Waals surface area contributed by atoms with Crippen LogP contribution in [0.25, 0.3) is 11.8 Å². The van der Waals surface area contributed by atoms with E-state index in [2.05, 4.69) is 4.57 Å². The summed E-state index contributed by atoms with van der Waals surface area (Å²) in [6.45, 7) is 5.80. The Balaban J connectivity index is 1.83. The first-order valence-corrected chi connectivity index (χ1v) is 10.6. The van der Waals surface area contributed by atoms with Gasteiger partial charge in [-0.05, 0) is 74.9 Å². The second kappa shape index (κ2) is 8.82. The zero-order chi connectivity index (χ0) is 23.7. The summed E-state index contributed by atoms with van der Waals surface area (Å²) in [5.41, 5.74) is 5.72. The maximum absolute atomic E-state index is 13.4. The van der Waals surface area contributed by atoms with Crippen LogP contribution in [0.1, 0.15) is 23.9 Å². The van der Waals surface area contributed by atoms with Crippen LogP contribution in [-0.2, 0) is 14.3 Å². The van der Waals surface area contributed by atoms with Crippen molar-refractivity contribution in [3.63, 3.8) is 0 Å². The molecule has 0 aliphatic carbocycles. The summed E-state index contributed by atoms with van der Waals surface area (Å²) in [4.78, 5) is 27.6. The molecule has 4 rings (SSSR count). The van der Waals surface area contributed by atoms with Gasteiger partial charge in [-0.25, -0.2) is 4.79 Å². The zero-order valence-electron chi connectivity index (χ0n) is 19.4. The largest absolute Gasteiger partial charge is 0.497 e. The van der Waals surface area contributed by atoms with E-state index in [1.165, 1.54) is 7.11 Å². The van der Waals surface area contributed by atoms with Crippen LogP contribution < -0.4 is 9.64 Å². The maximum Gasteiger partial charge on any atom is 0.343 e. The molecule has 2 aromatic carbocycles. The number of para-hydroxylation sites is 1. The quantitative estimate of drug-likeness (QED) is 0.317. The molecule has 0 unspecified atom stereocenters. The molecule has 0 saturated heterocycles. The van der Waals surface area contributed by atoms with Gasteiger partial charge in [0.2, 0.25) is 5.78 Å². The van der Waals surface area contributed by atoms with Gasteiger partial charge in [0.05, 0.1) is 19.9 Å². The lowest BCUT2D eigenvalue weighted by atomic mass is 10.1. The Morgan fingerprint density at radius 2 is 1.58 bits per heavy atom. The number of carbonyl (C=O) groups excluding carboxylic acids is 2. The molecule has 0 spiro atoms. The minimum Gasteiger partial charge on any atom is -0.497 e. The summed E-state index contributed by atoms with van der Waals surface area (Å²) >= 11 is 0. The average molecular weight is 443 g/mol. The van der Waals surface area contributed by atoms with Crippen LogP contribution in [0.2, 0.25) is 0 Å². The highest BCUT2D eigenvalue weighted by molar-refractivity contribution is 6.30. The first kappa shape index (κ1) is 22.1. The topological polar surface area (TPSA) is 60.8 Å². The van der Waals surface area contributed by atoms with Gasteiger partial charge in [-0.3, -0.25) is 4.79 Å². The van der Waals surface area contributed by atoms with Gasteiger partial charge in [0, 0.05) is 28.5 Å². The molecule has 0 radical (unpaired) electrons. The fourth-order valence-corrected chi connectivity index (χ4v) is 4.28. The Hall–Kier alpha value is -4.06. The normalized spacial score (nSPS) is 14.9. The molecule has 168 valence electrons. The lowest BCUT2D eigenvalue weighted by molar-refractivity contribution is -0.137. The molecule has 1 aliphatic rings. The minimum absolute atomic E-state index is 0.0524. The number of methoxy groups -OCH3 is 2. The van der Waals surface area contributed by atoms with Crippen LogP contribution in [0.15, 0.2) is 77.6 Å². The molecule has 33 heavy (non-hydrogen) atoms. The molecule has 1 aromatic heterocycles. The number of allylic oxidation sites excluding steroid dienone is 2. The Kier molecular flexibility index (Phi) is 5.92. The molecule has 3 aromatic rings. The van der Waals surface area contributed by atoms with Gasteiger partial charge in [-0.15, -0.1) is 0 Å². The summed E-state index contributed by atoms with van der Waals surface area (Å²) in [6, 6.07) is 19.4. The third-order valence-electron chi connectivity index (χ3n) is 5.89. The molecule has 0 amide bonds. The van der Waals surface area contributed by atoms with Gasteiger partial charge in [0.15, 0.2) is 0 Å². The lowest BCUT2D eigenvalue weighted by Gasteiger charge is -2.21. The second-order valence-corrected chi connectivity index (χ2v) is 7.84. The SMILES string of the molecule is COC(=O)C1=C(C)N(c2ccccc2)/C(=C\c2cc(C)n(-c3ccc(OC)cc3)c2C)C1=O. The highest BCUT2D eigenvalue weighted by Crippen LogP contribution is 2.36. The Labute approximate surface area is 193 Å². The van der Waals surface area contributed by atoms with Crippen LogP contribution in [0.3, 0.4) is 0 Å². The van der Waals surface area contributed by atoms with Crippen LogP contribution in [0.5, 0.6) is 5.75 Å². The fraction of sp³-hybridized carbons (Fsp3) is 0.185. The Morgan fingerprint density at radius 3 is 2.18 bits per heavy atom. The highest BCUT2D eigenvalue weighted by atomic mass is 16.5. The minimum atomic E-state index is -0.634. The van der Waals surface area contributed by atoms with Gasteiger partial charge >= 0.3 is 5.97 Å². The number of carbonyl (C=O) groups is 2. The first-order valence-electron chi connectivity index (χ1n) is 10.6. The molecular formula is C27H26N2O4. The van der Waals surface area contributed by atoms with Crippen molar-refractivity contribution in [2.45, 2.75) is 20.8 Å². The van der Waals surface area contributed by atoms with Crippen molar-refractivity contribution in [1.29, 1.82) is 0 Å². The van der Waals surface area contributed by atoms with E-state index in [1.54, 1.807) is 14.0 Å². The molecular weight excluding hydrogens is 416 g/mol. The number of ketones is 1. The number of hydrogen-bond donors (Lipinski definition) is 0. The van der Waals surface area contributed by atoms with Crippen molar-refractivity contribution in [3.05, 3.63) is 94.6 Å². The van der Waals surface area contributed by atoms with Crippen LogP contribution in [-0.4, -0.2) is 30.5 Å². The molecule has 0 saturated carbocycles. The fourth-order valence-electron chi connectivity index (χ4n) is 4.28. The predicted octanol–water partition coefficient (Wildman–Crippen LogP) is 4.98. The number of ether oxygens (including phenoxy) is 2. The number of rotatable bonds is 5. The molecule has 6 nitrogen and oxygen atoms in total. The number of hydrogen-bond acceptors (Lipinski definition) is 5.